The smallest absolute Gasteiger partial charge is 0.162 e. The van der Waals surface area contributed by atoms with Crippen LogP contribution in [0.25, 0.3) is 0 Å². The van der Waals surface area contributed by atoms with E-state index in [4.69, 9.17) is 0 Å². The van der Waals surface area contributed by atoms with Crippen molar-refractivity contribution in [1.29, 1.82) is 0 Å². The zero-order valence-corrected chi connectivity index (χ0v) is 16.1. The molecule has 0 aromatic heterocycles. The molecule has 3 heteroatoms. The van der Waals surface area contributed by atoms with Crippen molar-refractivity contribution in [2.24, 2.45) is 34.5 Å². The molecule has 3 nitrogen and oxygen atoms in total. The van der Waals surface area contributed by atoms with Crippen molar-refractivity contribution in [3.05, 3.63) is 11.6 Å². The van der Waals surface area contributed by atoms with Crippen LogP contribution in [-0.2, 0) is 9.59 Å². The lowest BCUT2D eigenvalue weighted by atomic mass is 9.48. The lowest BCUT2D eigenvalue weighted by molar-refractivity contribution is -0.156. The number of Topliss-reactive ketones (excluding diaryl/α,β-unsaturated/α-hetero) is 2. The van der Waals surface area contributed by atoms with Crippen LogP contribution in [0.15, 0.2) is 11.6 Å². The Morgan fingerprint density at radius 1 is 1.28 bits per heavy atom. The summed E-state index contributed by atoms with van der Waals surface area (Å²) in [6.07, 6.45) is 8.77. The molecule has 138 valence electrons. The zero-order chi connectivity index (χ0) is 18.2. The average molecular weight is 344 g/mol. The van der Waals surface area contributed by atoms with Gasteiger partial charge in [0.25, 0.3) is 0 Å². The molecule has 4 rings (SSSR count). The van der Waals surface area contributed by atoms with Crippen molar-refractivity contribution in [3.8, 4) is 0 Å². The minimum Gasteiger partial charge on any atom is -0.381 e. The summed E-state index contributed by atoms with van der Waals surface area (Å²) in [6, 6.07) is 0. The third kappa shape index (κ3) is 2.02. The van der Waals surface area contributed by atoms with E-state index >= 15 is 0 Å². The van der Waals surface area contributed by atoms with Crippen molar-refractivity contribution < 1.29 is 14.7 Å². The normalized spacial score (nSPS) is 52.0. The van der Waals surface area contributed by atoms with Crippen LogP contribution in [0.3, 0.4) is 0 Å². The monoisotopic (exact) mass is 344 g/mol. The summed E-state index contributed by atoms with van der Waals surface area (Å²) in [5.41, 5.74) is 0.164. The van der Waals surface area contributed by atoms with E-state index in [9.17, 15) is 14.7 Å². The molecule has 0 aromatic rings. The highest BCUT2D eigenvalue weighted by Gasteiger charge is 2.66. The SMILES string of the molecule is CC(=O)[C@@]1(O)C(C)C[C@H]2[C@@H]3CCC4CC(=O)CC[C@]4(C)C3=CC[C@@]21C. The Hall–Kier alpha value is -0.960. The number of hydrogen-bond acceptors (Lipinski definition) is 3. The number of carbonyl (C=O) groups excluding carboxylic acids is 2. The molecule has 0 amide bonds. The highest BCUT2D eigenvalue weighted by atomic mass is 16.3. The van der Waals surface area contributed by atoms with Gasteiger partial charge in [-0.15, -0.1) is 0 Å². The van der Waals surface area contributed by atoms with Crippen molar-refractivity contribution in [1.82, 2.24) is 0 Å². The molecule has 0 spiro atoms. The van der Waals surface area contributed by atoms with E-state index in [1.54, 1.807) is 12.5 Å². The summed E-state index contributed by atoms with van der Waals surface area (Å²) in [7, 11) is 0. The van der Waals surface area contributed by atoms with Gasteiger partial charge in [0.05, 0.1) is 0 Å². The number of fused-ring (bicyclic) bond motifs is 5. The van der Waals surface area contributed by atoms with Gasteiger partial charge in [0, 0.05) is 18.3 Å². The Labute approximate surface area is 151 Å². The van der Waals surface area contributed by atoms with Gasteiger partial charge in [0.2, 0.25) is 0 Å². The summed E-state index contributed by atoms with van der Waals surface area (Å²) in [5, 5.41) is 11.4. The standard InChI is InChI=1S/C22H32O3/c1-13-11-19-17-6-5-15-12-16(24)7-9-20(15,3)18(17)8-10-21(19,4)22(13,25)14(2)23/h8,13,15,17,19,25H,5-7,9-12H2,1-4H3/t13?,15?,17-,19+,20+,21+,22+/m1/s1. The highest BCUT2D eigenvalue weighted by Crippen LogP contribution is 2.67. The Morgan fingerprint density at radius 2 is 2.00 bits per heavy atom. The van der Waals surface area contributed by atoms with Crippen LogP contribution in [0, 0.1) is 34.5 Å². The van der Waals surface area contributed by atoms with E-state index in [-0.39, 0.29) is 22.5 Å². The first-order valence-corrected chi connectivity index (χ1v) is 10.1. The molecule has 25 heavy (non-hydrogen) atoms. The van der Waals surface area contributed by atoms with E-state index in [0.29, 0.717) is 30.0 Å². The maximum atomic E-state index is 12.4. The molecule has 3 fully saturated rings. The molecular formula is C22H32O3. The second-order valence-electron chi connectivity index (χ2n) is 9.89. The fourth-order valence-electron chi connectivity index (χ4n) is 7.41. The van der Waals surface area contributed by atoms with Crippen molar-refractivity contribution in [2.75, 3.05) is 0 Å². The summed E-state index contributed by atoms with van der Waals surface area (Å²) in [6.45, 7) is 8.14. The van der Waals surface area contributed by atoms with Gasteiger partial charge in [0.15, 0.2) is 5.78 Å². The van der Waals surface area contributed by atoms with Crippen LogP contribution in [-0.4, -0.2) is 22.3 Å². The molecule has 0 bridgehead atoms. The number of ketones is 2. The predicted molar refractivity (Wildman–Crippen MR) is 96.9 cm³/mol. The molecule has 4 aliphatic carbocycles. The first-order valence-electron chi connectivity index (χ1n) is 10.1. The van der Waals surface area contributed by atoms with Gasteiger partial charge in [-0.05, 0) is 68.1 Å². The number of aliphatic hydroxyl groups is 1. The van der Waals surface area contributed by atoms with Crippen LogP contribution in [0.4, 0.5) is 0 Å². The molecule has 2 unspecified atom stereocenters. The maximum absolute atomic E-state index is 12.4. The van der Waals surface area contributed by atoms with Crippen molar-refractivity contribution >= 4 is 11.6 Å². The molecule has 0 radical (unpaired) electrons. The van der Waals surface area contributed by atoms with Gasteiger partial charge in [-0.3, -0.25) is 9.59 Å². The Bertz CT molecular complexity index is 664. The third-order valence-corrected chi connectivity index (χ3v) is 8.96. The first kappa shape index (κ1) is 17.5. The number of allylic oxidation sites excluding steroid dienone is 2. The molecule has 0 saturated heterocycles. The van der Waals surface area contributed by atoms with Crippen molar-refractivity contribution in [2.45, 2.75) is 78.2 Å². The van der Waals surface area contributed by atoms with Crippen LogP contribution >= 0.6 is 0 Å². The number of rotatable bonds is 1. The van der Waals surface area contributed by atoms with Gasteiger partial charge in [0.1, 0.15) is 11.4 Å². The topological polar surface area (TPSA) is 54.4 Å². The van der Waals surface area contributed by atoms with Gasteiger partial charge >= 0.3 is 0 Å². The Morgan fingerprint density at radius 3 is 2.68 bits per heavy atom. The fourth-order valence-corrected chi connectivity index (χ4v) is 7.41. The largest absolute Gasteiger partial charge is 0.381 e. The lowest BCUT2D eigenvalue weighted by Crippen LogP contribution is -2.56. The minimum atomic E-state index is -1.19. The van der Waals surface area contributed by atoms with Crippen LogP contribution in [0.5, 0.6) is 0 Å². The van der Waals surface area contributed by atoms with Crippen molar-refractivity contribution in [3.63, 3.8) is 0 Å². The molecule has 4 aliphatic rings. The van der Waals surface area contributed by atoms with E-state index in [0.717, 1.165) is 38.5 Å². The average Bonchev–Trinajstić information content (AvgIpc) is 2.77. The van der Waals surface area contributed by atoms with Crippen LogP contribution in [0.1, 0.15) is 72.6 Å². The van der Waals surface area contributed by atoms with E-state index in [1.807, 2.05) is 0 Å². The highest BCUT2D eigenvalue weighted by molar-refractivity contribution is 5.87. The summed E-state index contributed by atoms with van der Waals surface area (Å²) in [4.78, 5) is 24.4. The second kappa shape index (κ2) is 5.28. The fraction of sp³-hybridized carbons (Fsp3) is 0.818. The molecule has 7 atom stereocenters. The van der Waals surface area contributed by atoms with E-state index in [2.05, 4.69) is 26.8 Å². The van der Waals surface area contributed by atoms with Gasteiger partial charge < -0.3 is 5.11 Å². The summed E-state index contributed by atoms with van der Waals surface area (Å²) >= 11 is 0. The van der Waals surface area contributed by atoms with Gasteiger partial charge in [-0.2, -0.15) is 0 Å². The summed E-state index contributed by atoms with van der Waals surface area (Å²) in [5.74, 6) is 1.74. The van der Waals surface area contributed by atoms with E-state index in [1.165, 1.54) is 0 Å². The maximum Gasteiger partial charge on any atom is 0.162 e. The molecule has 0 aromatic carbocycles. The minimum absolute atomic E-state index is 0.0196. The third-order valence-electron chi connectivity index (χ3n) is 8.96. The Kier molecular flexibility index (Phi) is 3.69. The Balaban J connectivity index is 1.75. The number of carbonyl (C=O) groups is 2. The predicted octanol–water partition coefficient (Wildman–Crippen LogP) is 4.08. The van der Waals surface area contributed by atoms with E-state index < -0.39 is 5.60 Å². The molecule has 0 heterocycles. The quantitative estimate of drug-likeness (QED) is 0.729. The summed E-state index contributed by atoms with van der Waals surface area (Å²) < 4.78 is 0. The lowest BCUT2D eigenvalue weighted by Gasteiger charge is -2.56. The first-order chi connectivity index (χ1) is 11.6. The van der Waals surface area contributed by atoms with Crippen LogP contribution in [0.2, 0.25) is 0 Å². The molecular weight excluding hydrogens is 312 g/mol. The molecule has 3 saturated carbocycles. The van der Waals surface area contributed by atoms with Gasteiger partial charge in [-0.25, -0.2) is 0 Å². The zero-order valence-electron chi connectivity index (χ0n) is 16.1. The molecule has 0 aliphatic heterocycles. The van der Waals surface area contributed by atoms with Crippen LogP contribution < -0.4 is 0 Å². The number of hydrogen-bond donors (Lipinski definition) is 1. The van der Waals surface area contributed by atoms with Gasteiger partial charge in [-0.1, -0.05) is 32.4 Å². The second-order valence-corrected chi connectivity index (χ2v) is 9.89. The molecule has 1 N–H and O–H groups in total.